The highest BCUT2D eigenvalue weighted by Crippen LogP contribution is 2.25. The van der Waals surface area contributed by atoms with E-state index in [2.05, 4.69) is 11.4 Å². The molecule has 0 radical (unpaired) electrons. The lowest BCUT2D eigenvalue weighted by Gasteiger charge is -2.12. The first-order chi connectivity index (χ1) is 10.3. The summed E-state index contributed by atoms with van der Waals surface area (Å²) in [6.45, 7) is 3.33. The number of benzene rings is 2. The summed E-state index contributed by atoms with van der Waals surface area (Å²) >= 11 is 5.97. The Morgan fingerprint density at radius 1 is 1.14 bits per heavy atom. The molecule has 2 aromatic carbocycles. The summed E-state index contributed by atoms with van der Waals surface area (Å²) < 4.78 is 10.8. The van der Waals surface area contributed by atoms with Crippen molar-refractivity contribution in [3.05, 3.63) is 53.6 Å². The fourth-order valence-electron chi connectivity index (χ4n) is 2.08. The second-order valence-electron chi connectivity index (χ2n) is 4.59. The first-order valence-electron chi connectivity index (χ1n) is 6.95. The van der Waals surface area contributed by atoms with Crippen LogP contribution in [0.25, 0.3) is 0 Å². The van der Waals surface area contributed by atoms with Gasteiger partial charge in [-0.25, -0.2) is 0 Å². The fraction of sp³-hybridized carbons (Fsp3) is 0.294. The SMILES string of the molecule is CCOc1ccc(NCc2cccc(OC)c2)cc1CCl. The molecule has 0 aromatic heterocycles. The maximum Gasteiger partial charge on any atom is 0.123 e. The third-order valence-corrected chi connectivity index (χ3v) is 3.42. The third-order valence-electron chi connectivity index (χ3n) is 3.14. The van der Waals surface area contributed by atoms with Crippen molar-refractivity contribution in [1.82, 2.24) is 0 Å². The summed E-state index contributed by atoms with van der Waals surface area (Å²) in [4.78, 5) is 0. The molecule has 0 heterocycles. The van der Waals surface area contributed by atoms with E-state index in [4.69, 9.17) is 21.1 Å². The fourth-order valence-corrected chi connectivity index (χ4v) is 2.29. The van der Waals surface area contributed by atoms with Gasteiger partial charge in [0, 0.05) is 17.8 Å². The average molecular weight is 306 g/mol. The monoisotopic (exact) mass is 305 g/mol. The summed E-state index contributed by atoms with van der Waals surface area (Å²) in [6, 6.07) is 14.0. The zero-order valence-electron chi connectivity index (χ0n) is 12.4. The van der Waals surface area contributed by atoms with Crippen LogP contribution in [0.1, 0.15) is 18.1 Å². The number of hydrogen-bond donors (Lipinski definition) is 1. The van der Waals surface area contributed by atoms with E-state index >= 15 is 0 Å². The van der Waals surface area contributed by atoms with Gasteiger partial charge >= 0.3 is 0 Å². The molecular formula is C17H20ClNO2. The minimum atomic E-state index is 0.435. The minimum Gasteiger partial charge on any atom is -0.497 e. The van der Waals surface area contributed by atoms with Crippen LogP contribution >= 0.6 is 11.6 Å². The highest BCUT2D eigenvalue weighted by molar-refractivity contribution is 6.17. The molecule has 0 unspecified atom stereocenters. The molecule has 21 heavy (non-hydrogen) atoms. The molecule has 0 saturated carbocycles. The summed E-state index contributed by atoms with van der Waals surface area (Å²) in [7, 11) is 1.67. The molecule has 0 aliphatic heterocycles. The minimum absolute atomic E-state index is 0.435. The lowest BCUT2D eigenvalue weighted by atomic mass is 10.1. The van der Waals surface area contributed by atoms with Gasteiger partial charge in [0.25, 0.3) is 0 Å². The molecule has 0 spiro atoms. The summed E-state index contributed by atoms with van der Waals surface area (Å²) in [5, 5.41) is 3.39. The van der Waals surface area contributed by atoms with Gasteiger partial charge in [-0.15, -0.1) is 11.6 Å². The number of alkyl halides is 1. The van der Waals surface area contributed by atoms with Crippen LogP contribution < -0.4 is 14.8 Å². The molecule has 0 amide bonds. The van der Waals surface area contributed by atoms with E-state index < -0.39 is 0 Å². The van der Waals surface area contributed by atoms with E-state index in [1.165, 1.54) is 0 Å². The number of hydrogen-bond acceptors (Lipinski definition) is 3. The zero-order valence-corrected chi connectivity index (χ0v) is 13.1. The number of ether oxygens (including phenoxy) is 2. The first kappa shape index (κ1) is 15.5. The van der Waals surface area contributed by atoms with Gasteiger partial charge in [-0.2, -0.15) is 0 Å². The van der Waals surface area contributed by atoms with Crippen LogP contribution in [0.5, 0.6) is 11.5 Å². The first-order valence-corrected chi connectivity index (χ1v) is 7.48. The molecule has 0 aliphatic carbocycles. The summed E-state index contributed by atoms with van der Waals surface area (Å²) in [5.74, 6) is 2.14. The van der Waals surface area contributed by atoms with Crippen molar-refractivity contribution in [2.75, 3.05) is 19.0 Å². The quantitative estimate of drug-likeness (QED) is 0.767. The number of nitrogens with one attached hydrogen (secondary N) is 1. The Hall–Kier alpha value is -1.87. The molecule has 0 saturated heterocycles. The van der Waals surface area contributed by atoms with Crippen molar-refractivity contribution in [3.8, 4) is 11.5 Å². The van der Waals surface area contributed by atoms with E-state index in [1.54, 1.807) is 7.11 Å². The van der Waals surface area contributed by atoms with Crippen LogP contribution in [-0.2, 0) is 12.4 Å². The standard InChI is InChI=1S/C17H20ClNO2/c1-3-21-17-8-7-15(10-14(17)11-18)19-12-13-5-4-6-16(9-13)20-2/h4-10,19H,3,11-12H2,1-2H3. The summed E-state index contributed by atoms with van der Waals surface area (Å²) in [6.07, 6.45) is 0. The molecule has 0 atom stereocenters. The highest BCUT2D eigenvalue weighted by Gasteiger charge is 2.04. The molecule has 2 aromatic rings. The summed E-state index contributed by atoms with van der Waals surface area (Å²) in [5.41, 5.74) is 3.18. The highest BCUT2D eigenvalue weighted by atomic mass is 35.5. The van der Waals surface area contributed by atoms with Crippen LogP contribution in [0, 0.1) is 0 Å². The van der Waals surface area contributed by atoms with Gasteiger partial charge < -0.3 is 14.8 Å². The van der Waals surface area contributed by atoms with Crippen LogP contribution in [0.15, 0.2) is 42.5 Å². The van der Waals surface area contributed by atoms with Gasteiger partial charge in [0.1, 0.15) is 11.5 Å². The second-order valence-corrected chi connectivity index (χ2v) is 4.86. The normalized spacial score (nSPS) is 10.2. The molecular weight excluding hydrogens is 286 g/mol. The zero-order chi connectivity index (χ0) is 15.1. The Kier molecular flexibility index (Phi) is 5.76. The van der Waals surface area contributed by atoms with Gasteiger partial charge in [-0.05, 0) is 42.8 Å². The topological polar surface area (TPSA) is 30.5 Å². The predicted octanol–water partition coefficient (Wildman–Crippen LogP) is 4.44. The second kappa shape index (κ2) is 7.79. The Balaban J connectivity index is 2.05. The Morgan fingerprint density at radius 2 is 2.00 bits per heavy atom. The predicted molar refractivity (Wildman–Crippen MR) is 87.5 cm³/mol. The van der Waals surface area contributed by atoms with E-state index in [0.717, 1.165) is 34.9 Å². The van der Waals surface area contributed by atoms with Crippen molar-refractivity contribution in [2.24, 2.45) is 0 Å². The third kappa shape index (κ3) is 4.30. The van der Waals surface area contributed by atoms with Crippen molar-refractivity contribution in [2.45, 2.75) is 19.3 Å². The largest absolute Gasteiger partial charge is 0.497 e. The molecule has 2 rings (SSSR count). The van der Waals surface area contributed by atoms with Gasteiger partial charge in [-0.1, -0.05) is 12.1 Å². The maximum absolute atomic E-state index is 5.97. The van der Waals surface area contributed by atoms with Crippen molar-refractivity contribution in [1.29, 1.82) is 0 Å². The van der Waals surface area contributed by atoms with Gasteiger partial charge in [-0.3, -0.25) is 0 Å². The number of methoxy groups -OCH3 is 1. The Morgan fingerprint density at radius 3 is 2.71 bits per heavy atom. The van der Waals surface area contributed by atoms with E-state index in [9.17, 15) is 0 Å². The molecule has 1 N–H and O–H groups in total. The Bertz CT molecular complexity index is 587. The average Bonchev–Trinajstić information content (AvgIpc) is 2.54. The van der Waals surface area contributed by atoms with Crippen LogP contribution in [0.2, 0.25) is 0 Å². The van der Waals surface area contributed by atoms with E-state index in [1.807, 2.05) is 43.3 Å². The van der Waals surface area contributed by atoms with E-state index in [-0.39, 0.29) is 0 Å². The number of halogens is 1. The van der Waals surface area contributed by atoms with Gasteiger partial charge in [0.2, 0.25) is 0 Å². The molecule has 0 bridgehead atoms. The van der Waals surface area contributed by atoms with Gasteiger partial charge in [0.15, 0.2) is 0 Å². The van der Waals surface area contributed by atoms with Crippen molar-refractivity contribution < 1.29 is 9.47 Å². The number of rotatable bonds is 7. The van der Waals surface area contributed by atoms with Crippen molar-refractivity contribution in [3.63, 3.8) is 0 Å². The van der Waals surface area contributed by atoms with Crippen LogP contribution in [-0.4, -0.2) is 13.7 Å². The van der Waals surface area contributed by atoms with Crippen LogP contribution in [0.4, 0.5) is 5.69 Å². The number of anilines is 1. The lowest BCUT2D eigenvalue weighted by Crippen LogP contribution is -2.01. The molecule has 0 aliphatic rings. The molecule has 3 nitrogen and oxygen atoms in total. The van der Waals surface area contributed by atoms with Crippen LogP contribution in [0.3, 0.4) is 0 Å². The molecule has 112 valence electrons. The molecule has 0 fully saturated rings. The van der Waals surface area contributed by atoms with Crippen molar-refractivity contribution >= 4 is 17.3 Å². The lowest BCUT2D eigenvalue weighted by molar-refractivity contribution is 0.337. The smallest absolute Gasteiger partial charge is 0.123 e. The Labute approximate surface area is 130 Å². The van der Waals surface area contributed by atoms with E-state index in [0.29, 0.717) is 12.5 Å². The van der Waals surface area contributed by atoms with Gasteiger partial charge in [0.05, 0.1) is 19.6 Å². The maximum atomic E-state index is 5.97. The molecule has 4 heteroatoms.